The van der Waals surface area contributed by atoms with Crippen molar-refractivity contribution in [3.05, 3.63) is 35.9 Å². The van der Waals surface area contributed by atoms with Crippen molar-refractivity contribution in [3.8, 4) is 0 Å². The lowest BCUT2D eigenvalue weighted by Gasteiger charge is -2.37. The van der Waals surface area contributed by atoms with Gasteiger partial charge in [0.1, 0.15) is 5.54 Å². The molecule has 3 heterocycles. The minimum absolute atomic E-state index is 0.0978. The summed E-state index contributed by atoms with van der Waals surface area (Å²) in [5.74, 6) is 0.147. The van der Waals surface area contributed by atoms with Crippen LogP contribution in [0.25, 0.3) is 0 Å². The van der Waals surface area contributed by atoms with E-state index in [0.29, 0.717) is 26.1 Å². The minimum atomic E-state index is -0.689. The Labute approximate surface area is 166 Å². The van der Waals surface area contributed by atoms with E-state index in [2.05, 4.69) is 27.2 Å². The first-order valence-electron chi connectivity index (χ1n) is 10.3. The number of ether oxygens (including phenoxy) is 1. The Balaban J connectivity index is 1.27. The van der Waals surface area contributed by atoms with Crippen molar-refractivity contribution in [2.24, 2.45) is 0 Å². The fraction of sp³-hybridized carbons (Fsp3) is 0.619. The zero-order valence-corrected chi connectivity index (χ0v) is 16.4. The fourth-order valence-electron chi connectivity index (χ4n) is 4.33. The van der Waals surface area contributed by atoms with Crippen LogP contribution in [0.15, 0.2) is 30.3 Å². The SMILES string of the molecule is O=C1NC2(CCN(CCc3ccccc3)CC2=O)CN1CCN1CCOCC1. The number of carbonyl (C=O) groups is 2. The number of Topliss-reactive ketones (excluding diaryl/α,β-unsaturated/α-hetero) is 1. The predicted molar refractivity (Wildman–Crippen MR) is 106 cm³/mol. The first kappa shape index (κ1) is 19.4. The van der Waals surface area contributed by atoms with Gasteiger partial charge in [-0.3, -0.25) is 14.6 Å². The molecule has 3 aliphatic rings. The molecule has 28 heavy (non-hydrogen) atoms. The molecule has 7 heteroatoms. The normalized spacial score (nSPS) is 26.8. The van der Waals surface area contributed by atoms with Gasteiger partial charge in [-0.05, 0) is 18.4 Å². The van der Waals surface area contributed by atoms with E-state index < -0.39 is 5.54 Å². The summed E-state index contributed by atoms with van der Waals surface area (Å²) in [6.07, 6.45) is 1.64. The van der Waals surface area contributed by atoms with E-state index in [9.17, 15) is 9.59 Å². The molecule has 1 aromatic rings. The number of morpholine rings is 1. The number of hydrogen-bond acceptors (Lipinski definition) is 5. The van der Waals surface area contributed by atoms with Gasteiger partial charge in [-0.2, -0.15) is 0 Å². The molecule has 1 unspecified atom stereocenters. The third kappa shape index (κ3) is 4.37. The van der Waals surface area contributed by atoms with Gasteiger partial charge in [-0.25, -0.2) is 4.79 Å². The Morgan fingerprint density at radius 3 is 2.50 bits per heavy atom. The number of carbonyl (C=O) groups excluding carboxylic acids is 2. The first-order valence-corrected chi connectivity index (χ1v) is 10.3. The van der Waals surface area contributed by atoms with E-state index in [4.69, 9.17) is 4.74 Å². The van der Waals surface area contributed by atoms with Gasteiger partial charge in [0.25, 0.3) is 0 Å². The van der Waals surface area contributed by atoms with Crippen LogP contribution in [0.4, 0.5) is 4.79 Å². The number of hydrogen-bond donors (Lipinski definition) is 1. The average molecular weight is 386 g/mol. The predicted octanol–water partition coefficient (Wildman–Crippen LogP) is 0.600. The molecule has 0 bridgehead atoms. The maximum absolute atomic E-state index is 12.9. The number of likely N-dealkylation sites (tertiary alicyclic amines) is 1. The average Bonchev–Trinajstić information content (AvgIpc) is 3.05. The van der Waals surface area contributed by atoms with Crippen molar-refractivity contribution in [1.82, 2.24) is 20.0 Å². The quantitative estimate of drug-likeness (QED) is 0.776. The van der Waals surface area contributed by atoms with Crippen LogP contribution in [-0.4, -0.2) is 97.6 Å². The second kappa shape index (κ2) is 8.59. The van der Waals surface area contributed by atoms with Gasteiger partial charge >= 0.3 is 6.03 Å². The highest BCUT2D eigenvalue weighted by atomic mass is 16.5. The van der Waals surface area contributed by atoms with Gasteiger partial charge in [-0.15, -0.1) is 0 Å². The highest BCUT2D eigenvalue weighted by Crippen LogP contribution is 2.26. The van der Waals surface area contributed by atoms with Gasteiger partial charge in [0.05, 0.1) is 26.3 Å². The topological polar surface area (TPSA) is 65.1 Å². The molecule has 1 aromatic carbocycles. The van der Waals surface area contributed by atoms with Crippen LogP contribution < -0.4 is 5.32 Å². The van der Waals surface area contributed by atoms with Gasteiger partial charge in [0, 0.05) is 39.3 Å². The Bertz CT molecular complexity index is 692. The number of nitrogens with zero attached hydrogens (tertiary/aromatic N) is 3. The number of rotatable bonds is 6. The molecule has 1 atom stereocenters. The summed E-state index contributed by atoms with van der Waals surface area (Å²) >= 11 is 0. The molecular weight excluding hydrogens is 356 g/mol. The van der Waals surface area contributed by atoms with Gasteiger partial charge in [0.2, 0.25) is 0 Å². The van der Waals surface area contributed by atoms with Crippen LogP contribution in [0, 0.1) is 0 Å². The lowest BCUT2D eigenvalue weighted by Crippen LogP contribution is -2.60. The Morgan fingerprint density at radius 1 is 0.964 bits per heavy atom. The zero-order valence-electron chi connectivity index (χ0n) is 16.4. The van der Waals surface area contributed by atoms with Crippen molar-refractivity contribution >= 4 is 11.8 Å². The Kier molecular flexibility index (Phi) is 5.94. The molecule has 3 saturated heterocycles. The van der Waals surface area contributed by atoms with Gasteiger partial charge in [0.15, 0.2) is 5.78 Å². The van der Waals surface area contributed by atoms with Crippen LogP contribution in [0.3, 0.4) is 0 Å². The third-order valence-corrected chi connectivity index (χ3v) is 6.20. The monoisotopic (exact) mass is 386 g/mol. The van der Waals surface area contributed by atoms with E-state index in [0.717, 1.165) is 52.4 Å². The summed E-state index contributed by atoms with van der Waals surface area (Å²) in [6.45, 7) is 7.48. The number of amides is 2. The van der Waals surface area contributed by atoms with E-state index >= 15 is 0 Å². The number of nitrogens with one attached hydrogen (secondary N) is 1. The lowest BCUT2D eigenvalue weighted by atomic mass is 9.87. The molecule has 2 amide bonds. The molecular formula is C21H30N4O3. The molecule has 7 nitrogen and oxygen atoms in total. The zero-order chi connectivity index (χ0) is 19.4. The first-order chi connectivity index (χ1) is 13.6. The maximum atomic E-state index is 12.9. The highest BCUT2D eigenvalue weighted by molar-refractivity contribution is 5.97. The number of urea groups is 1. The summed E-state index contributed by atoms with van der Waals surface area (Å²) in [4.78, 5) is 31.7. The Morgan fingerprint density at radius 2 is 1.75 bits per heavy atom. The number of ketones is 1. The highest BCUT2D eigenvalue weighted by Gasteiger charge is 2.50. The molecule has 0 aliphatic carbocycles. The van der Waals surface area contributed by atoms with Crippen molar-refractivity contribution in [3.63, 3.8) is 0 Å². The smallest absolute Gasteiger partial charge is 0.318 e. The van der Waals surface area contributed by atoms with E-state index in [1.54, 1.807) is 0 Å². The second-order valence-corrected chi connectivity index (χ2v) is 8.07. The number of benzene rings is 1. The van der Waals surface area contributed by atoms with E-state index in [1.807, 2.05) is 23.1 Å². The van der Waals surface area contributed by atoms with Crippen LogP contribution in [0.1, 0.15) is 12.0 Å². The largest absolute Gasteiger partial charge is 0.379 e. The summed E-state index contributed by atoms with van der Waals surface area (Å²) in [5, 5.41) is 3.02. The molecule has 152 valence electrons. The molecule has 1 N–H and O–H groups in total. The summed E-state index contributed by atoms with van der Waals surface area (Å²) in [6, 6.07) is 10.3. The number of piperidine rings is 1. The Hall–Kier alpha value is -1.96. The van der Waals surface area contributed by atoms with E-state index in [-0.39, 0.29) is 11.8 Å². The molecule has 0 saturated carbocycles. The molecule has 3 fully saturated rings. The molecule has 0 radical (unpaired) electrons. The molecule has 4 rings (SSSR count). The molecule has 1 spiro atoms. The van der Waals surface area contributed by atoms with Gasteiger partial charge < -0.3 is 15.0 Å². The summed E-state index contributed by atoms with van der Waals surface area (Å²) in [5.41, 5.74) is 0.601. The van der Waals surface area contributed by atoms with Gasteiger partial charge in [-0.1, -0.05) is 30.3 Å². The van der Waals surface area contributed by atoms with Crippen molar-refractivity contribution in [2.45, 2.75) is 18.4 Å². The summed E-state index contributed by atoms with van der Waals surface area (Å²) < 4.78 is 5.37. The fourth-order valence-corrected chi connectivity index (χ4v) is 4.33. The van der Waals surface area contributed by atoms with Crippen LogP contribution >= 0.6 is 0 Å². The standard InChI is InChI=1S/C21H30N4O3/c26-19-16-24(8-6-18-4-2-1-3-5-18)9-7-21(19)17-25(20(27)22-21)11-10-23-12-14-28-15-13-23/h1-5H,6-17H2,(H,22,27). The van der Waals surface area contributed by atoms with Crippen molar-refractivity contribution < 1.29 is 14.3 Å². The maximum Gasteiger partial charge on any atom is 0.318 e. The second-order valence-electron chi connectivity index (χ2n) is 8.07. The lowest BCUT2D eigenvalue weighted by molar-refractivity contribution is -0.128. The van der Waals surface area contributed by atoms with Crippen LogP contribution in [0.2, 0.25) is 0 Å². The van der Waals surface area contributed by atoms with Crippen LogP contribution in [-0.2, 0) is 16.0 Å². The molecule has 3 aliphatic heterocycles. The third-order valence-electron chi connectivity index (χ3n) is 6.20. The summed E-state index contributed by atoms with van der Waals surface area (Å²) in [7, 11) is 0. The van der Waals surface area contributed by atoms with Crippen molar-refractivity contribution in [2.75, 3.05) is 65.6 Å². The van der Waals surface area contributed by atoms with Crippen molar-refractivity contribution in [1.29, 1.82) is 0 Å². The minimum Gasteiger partial charge on any atom is -0.379 e. The van der Waals surface area contributed by atoms with E-state index in [1.165, 1.54) is 5.56 Å². The molecule has 0 aromatic heterocycles. The van der Waals surface area contributed by atoms with Crippen LogP contribution in [0.5, 0.6) is 0 Å².